The fourth-order valence-electron chi connectivity index (χ4n) is 0.784. The first kappa shape index (κ1) is 9.23. The van der Waals surface area contributed by atoms with E-state index in [2.05, 4.69) is 24.5 Å². The van der Waals surface area contributed by atoms with E-state index in [9.17, 15) is 0 Å². The first-order valence-corrected chi connectivity index (χ1v) is 4.30. The summed E-state index contributed by atoms with van der Waals surface area (Å²) in [6.07, 6.45) is 2.55. The first-order chi connectivity index (χ1) is 5.83. The highest BCUT2D eigenvalue weighted by molar-refractivity contribution is 5.11. The maximum atomic E-state index is 4.98. The molecule has 0 aromatic heterocycles. The van der Waals surface area contributed by atoms with Crippen LogP contribution in [-0.2, 0) is 0 Å². The maximum Gasteiger partial charge on any atom is 0.0211 e. The number of hydrogen-bond donors (Lipinski definition) is 2. The molecule has 2 rings (SSSR count). The summed E-state index contributed by atoms with van der Waals surface area (Å²) >= 11 is 0. The first-order valence-electron chi connectivity index (χ1n) is 4.30. The lowest BCUT2D eigenvalue weighted by atomic mass is 10.2. The van der Waals surface area contributed by atoms with E-state index in [1.165, 1.54) is 18.4 Å². The molecule has 1 aromatic carbocycles. The number of rotatable bonds is 1. The molecule has 0 radical (unpaired) electrons. The van der Waals surface area contributed by atoms with Crippen LogP contribution < -0.4 is 11.3 Å². The van der Waals surface area contributed by atoms with Gasteiger partial charge in [-0.25, -0.2) is 0 Å². The molecule has 0 saturated heterocycles. The molecule has 1 aliphatic rings. The Bertz CT molecular complexity index is 204. The molecule has 3 N–H and O–H groups in total. The summed E-state index contributed by atoms with van der Waals surface area (Å²) in [7, 11) is 0. The number of nitrogens with one attached hydrogen (secondary N) is 1. The minimum Gasteiger partial charge on any atom is -0.271 e. The van der Waals surface area contributed by atoms with Gasteiger partial charge in [0.1, 0.15) is 0 Å². The minimum atomic E-state index is 0.662. The molecule has 1 fully saturated rings. The summed E-state index contributed by atoms with van der Waals surface area (Å²) in [5, 5.41) is 0. The van der Waals surface area contributed by atoms with Crippen LogP contribution in [0, 0.1) is 6.92 Å². The van der Waals surface area contributed by atoms with Gasteiger partial charge in [-0.3, -0.25) is 11.3 Å². The fourth-order valence-corrected chi connectivity index (χ4v) is 0.784. The number of nitrogens with two attached hydrogens (primary N) is 1. The quantitative estimate of drug-likeness (QED) is 0.489. The molecule has 1 aliphatic carbocycles. The molecular formula is C10H16N2. The summed E-state index contributed by atoms with van der Waals surface area (Å²) in [4.78, 5) is 0. The topological polar surface area (TPSA) is 38.0 Å². The smallest absolute Gasteiger partial charge is 0.0211 e. The van der Waals surface area contributed by atoms with Crippen molar-refractivity contribution in [3.05, 3.63) is 35.9 Å². The molecule has 0 aliphatic heterocycles. The van der Waals surface area contributed by atoms with Crippen LogP contribution in [0.5, 0.6) is 0 Å². The Morgan fingerprint density at radius 1 is 1.25 bits per heavy atom. The van der Waals surface area contributed by atoms with E-state index in [1.807, 2.05) is 18.2 Å². The molecule has 0 spiro atoms. The fraction of sp³-hybridized carbons (Fsp3) is 0.400. The standard InChI is InChI=1S/C7H8.C3H8N2/c1-7-5-3-2-4-6-7;4-5-3-1-2-3/h2-6H,1H3;3,5H,1-2,4H2. The van der Waals surface area contributed by atoms with Gasteiger partial charge in [0.15, 0.2) is 0 Å². The van der Waals surface area contributed by atoms with Crippen molar-refractivity contribution in [2.24, 2.45) is 5.84 Å². The Kier molecular flexibility index (Phi) is 3.77. The van der Waals surface area contributed by atoms with Crippen molar-refractivity contribution in [3.63, 3.8) is 0 Å². The monoisotopic (exact) mass is 164 g/mol. The van der Waals surface area contributed by atoms with Gasteiger partial charge in [0.05, 0.1) is 0 Å². The number of aryl methyl sites for hydroxylation is 1. The van der Waals surface area contributed by atoms with Crippen molar-refractivity contribution in [1.29, 1.82) is 0 Å². The molecule has 66 valence electrons. The molecule has 2 nitrogen and oxygen atoms in total. The van der Waals surface area contributed by atoms with Crippen molar-refractivity contribution in [2.45, 2.75) is 25.8 Å². The largest absolute Gasteiger partial charge is 0.271 e. The highest BCUT2D eigenvalue weighted by Gasteiger charge is 2.17. The van der Waals surface area contributed by atoms with E-state index in [4.69, 9.17) is 5.84 Å². The average molecular weight is 164 g/mol. The summed E-state index contributed by atoms with van der Waals surface area (Å²) in [6.45, 7) is 2.08. The zero-order valence-corrected chi connectivity index (χ0v) is 7.46. The Morgan fingerprint density at radius 2 is 1.83 bits per heavy atom. The summed E-state index contributed by atoms with van der Waals surface area (Å²) in [6, 6.07) is 10.9. The normalized spacial score (nSPS) is 14.8. The third-order valence-electron chi connectivity index (χ3n) is 1.75. The van der Waals surface area contributed by atoms with E-state index in [0.717, 1.165) is 0 Å². The summed E-state index contributed by atoms with van der Waals surface area (Å²) in [5.74, 6) is 4.98. The van der Waals surface area contributed by atoms with Crippen LogP contribution in [0.3, 0.4) is 0 Å². The van der Waals surface area contributed by atoms with Crippen LogP contribution in [0.1, 0.15) is 18.4 Å². The van der Waals surface area contributed by atoms with Crippen LogP contribution in [0.4, 0.5) is 0 Å². The molecule has 1 aromatic rings. The number of hydrazine groups is 1. The van der Waals surface area contributed by atoms with E-state index in [-0.39, 0.29) is 0 Å². The lowest BCUT2D eigenvalue weighted by molar-refractivity contribution is 0.735. The zero-order chi connectivity index (χ0) is 8.81. The summed E-state index contributed by atoms with van der Waals surface area (Å²) < 4.78 is 0. The van der Waals surface area contributed by atoms with Gasteiger partial charge in [0.2, 0.25) is 0 Å². The molecular weight excluding hydrogens is 148 g/mol. The van der Waals surface area contributed by atoms with Crippen molar-refractivity contribution in [2.75, 3.05) is 0 Å². The van der Waals surface area contributed by atoms with Crippen molar-refractivity contribution in [3.8, 4) is 0 Å². The van der Waals surface area contributed by atoms with Gasteiger partial charge in [0.25, 0.3) is 0 Å². The second-order valence-corrected chi connectivity index (χ2v) is 3.10. The van der Waals surface area contributed by atoms with Gasteiger partial charge < -0.3 is 0 Å². The van der Waals surface area contributed by atoms with Crippen LogP contribution in [0.25, 0.3) is 0 Å². The lowest BCUT2D eigenvalue weighted by Gasteiger charge is -1.82. The van der Waals surface area contributed by atoms with Gasteiger partial charge >= 0.3 is 0 Å². The van der Waals surface area contributed by atoms with Gasteiger partial charge in [-0.15, -0.1) is 0 Å². The SMILES string of the molecule is Cc1ccccc1.NNC1CC1. The Morgan fingerprint density at radius 3 is 2.00 bits per heavy atom. The van der Waals surface area contributed by atoms with Gasteiger partial charge in [-0.1, -0.05) is 35.9 Å². The van der Waals surface area contributed by atoms with Crippen LogP contribution >= 0.6 is 0 Å². The maximum absolute atomic E-state index is 4.98. The molecule has 0 heterocycles. The van der Waals surface area contributed by atoms with Crippen LogP contribution in [0.2, 0.25) is 0 Å². The third kappa shape index (κ3) is 4.11. The van der Waals surface area contributed by atoms with E-state index < -0.39 is 0 Å². The Balaban J connectivity index is 0.000000127. The lowest BCUT2D eigenvalue weighted by Crippen LogP contribution is -2.23. The minimum absolute atomic E-state index is 0.662. The van der Waals surface area contributed by atoms with E-state index in [1.54, 1.807) is 0 Å². The zero-order valence-electron chi connectivity index (χ0n) is 7.46. The molecule has 0 amide bonds. The molecule has 0 unspecified atom stereocenters. The van der Waals surface area contributed by atoms with Crippen LogP contribution in [-0.4, -0.2) is 6.04 Å². The average Bonchev–Trinajstić information content (AvgIpc) is 2.89. The summed E-state index contributed by atoms with van der Waals surface area (Å²) in [5.41, 5.74) is 3.96. The van der Waals surface area contributed by atoms with Gasteiger partial charge in [-0.2, -0.15) is 0 Å². The Labute approximate surface area is 73.8 Å². The Hall–Kier alpha value is -0.860. The highest BCUT2D eigenvalue weighted by atomic mass is 15.2. The number of benzene rings is 1. The van der Waals surface area contributed by atoms with Crippen molar-refractivity contribution < 1.29 is 0 Å². The van der Waals surface area contributed by atoms with Gasteiger partial charge in [0, 0.05) is 6.04 Å². The second-order valence-electron chi connectivity index (χ2n) is 3.10. The van der Waals surface area contributed by atoms with Crippen LogP contribution in [0.15, 0.2) is 30.3 Å². The molecule has 1 saturated carbocycles. The van der Waals surface area contributed by atoms with Gasteiger partial charge in [-0.05, 0) is 19.8 Å². The molecule has 0 bridgehead atoms. The molecule has 12 heavy (non-hydrogen) atoms. The van der Waals surface area contributed by atoms with E-state index in [0.29, 0.717) is 6.04 Å². The third-order valence-corrected chi connectivity index (χ3v) is 1.75. The number of hydrogen-bond acceptors (Lipinski definition) is 2. The van der Waals surface area contributed by atoms with Crippen molar-refractivity contribution >= 4 is 0 Å². The second kappa shape index (κ2) is 4.91. The molecule has 0 atom stereocenters. The molecule has 2 heteroatoms. The van der Waals surface area contributed by atoms with Crippen molar-refractivity contribution in [1.82, 2.24) is 5.43 Å². The predicted octanol–water partition coefficient (Wildman–Crippen LogP) is 1.61. The highest BCUT2D eigenvalue weighted by Crippen LogP contribution is 2.16. The van der Waals surface area contributed by atoms with E-state index >= 15 is 0 Å². The predicted molar refractivity (Wildman–Crippen MR) is 51.5 cm³/mol.